The number of sulfonamides is 1. The van der Waals surface area contributed by atoms with Gasteiger partial charge in [-0.05, 0) is 73.1 Å². The van der Waals surface area contributed by atoms with Crippen LogP contribution >= 0.6 is 0 Å². The van der Waals surface area contributed by atoms with Crippen LogP contribution in [0.15, 0.2) is 46.3 Å². The highest BCUT2D eigenvalue weighted by Crippen LogP contribution is 2.27. The second kappa shape index (κ2) is 7.47. The van der Waals surface area contributed by atoms with Gasteiger partial charge in [-0.25, -0.2) is 18.5 Å². The molecule has 2 aromatic carbocycles. The molecule has 0 unspecified atom stereocenters. The van der Waals surface area contributed by atoms with Gasteiger partial charge in [0.1, 0.15) is 0 Å². The molecule has 26 heavy (non-hydrogen) atoms. The molecule has 1 aliphatic rings. The highest BCUT2D eigenvalue weighted by molar-refractivity contribution is 7.89. The quantitative estimate of drug-likeness (QED) is 0.565. The topological polar surface area (TPSA) is 111 Å². The van der Waals surface area contributed by atoms with Crippen molar-refractivity contribution < 1.29 is 8.42 Å². The molecule has 0 fully saturated rings. The molecule has 0 atom stereocenters. The number of aryl methyl sites for hydroxylation is 2. The molecular formula is C19H24N4O2S. The van der Waals surface area contributed by atoms with Gasteiger partial charge in [-0.2, -0.15) is 0 Å². The molecule has 0 bridgehead atoms. The van der Waals surface area contributed by atoms with E-state index in [1.807, 2.05) is 19.1 Å². The lowest BCUT2D eigenvalue weighted by atomic mass is 9.90. The Morgan fingerprint density at radius 1 is 1.19 bits per heavy atom. The molecular weight excluding hydrogens is 348 g/mol. The number of nitrogens with zero attached hydrogens (tertiary/aromatic N) is 1. The van der Waals surface area contributed by atoms with E-state index in [4.69, 9.17) is 10.9 Å². The fraction of sp³-hybridized carbons (Fsp3) is 0.316. The SMILES string of the molecule is Cc1cc(S(N)(=O)=O)ccc1CN=C(N)Nc1cccc2c1CCCC2. The van der Waals surface area contributed by atoms with Crippen molar-refractivity contribution in [3.05, 3.63) is 58.7 Å². The fourth-order valence-corrected chi connectivity index (χ4v) is 3.87. The maximum absolute atomic E-state index is 11.4. The number of benzene rings is 2. The molecule has 0 aromatic heterocycles. The van der Waals surface area contributed by atoms with Crippen LogP contribution in [0.3, 0.4) is 0 Å². The van der Waals surface area contributed by atoms with Gasteiger partial charge in [0, 0.05) is 5.69 Å². The summed E-state index contributed by atoms with van der Waals surface area (Å²) in [5.74, 6) is 0.346. The van der Waals surface area contributed by atoms with Gasteiger partial charge in [0.15, 0.2) is 5.96 Å². The number of hydrogen-bond donors (Lipinski definition) is 3. The van der Waals surface area contributed by atoms with Crippen LogP contribution < -0.4 is 16.2 Å². The molecule has 0 spiro atoms. The van der Waals surface area contributed by atoms with Crippen LogP contribution in [-0.2, 0) is 29.4 Å². The first-order chi connectivity index (χ1) is 12.3. The summed E-state index contributed by atoms with van der Waals surface area (Å²) in [6.45, 7) is 2.20. The van der Waals surface area contributed by atoms with Crippen LogP contribution in [-0.4, -0.2) is 14.4 Å². The second-order valence-electron chi connectivity index (χ2n) is 6.61. The van der Waals surface area contributed by atoms with E-state index in [2.05, 4.69) is 16.4 Å². The highest BCUT2D eigenvalue weighted by atomic mass is 32.2. The Morgan fingerprint density at radius 3 is 2.69 bits per heavy atom. The third-order valence-corrected chi connectivity index (χ3v) is 5.63. The predicted molar refractivity (Wildman–Crippen MR) is 105 cm³/mol. The average molecular weight is 372 g/mol. The van der Waals surface area contributed by atoms with E-state index in [0.29, 0.717) is 12.5 Å². The van der Waals surface area contributed by atoms with Gasteiger partial charge in [-0.3, -0.25) is 0 Å². The Hall–Kier alpha value is -2.38. The Kier molecular flexibility index (Phi) is 5.29. The second-order valence-corrected chi connectivity index (χ2v) is 8.17. The van der Waals surface area contributed by atoms with Crippen molar-refractivity contribution in [1.29, 1.82) is 0 Å². The van der Waals surface area contributed by atoms with Crippen LogP contribution in [0.2, 0.25) is 0 Å². The molecule has 7 heteroatoms. The van der Waals surface area contributed by atoms with Crippen LogP contribution in [0.4, 0.5) is 5.69 Å². The zero-order chi connectivity index (χ0) is 18.7. The lowest BCUT2D eigenvalue weighted by molar-refractivity contribution is 0.597. The maximum Gasteiger partial charge on any atom is 0.238 e. The van der Waals surface area contributed by atoms with Gasteiger partial charge in [0.25, 0.3) is 0 Å². The lowest BCUT2D eigenvalue weighted by Crippen LogP contribution is -2.24. The van der Waals surface area contributed by atoms with Crippen LogP contribution in [0.25, 0.3) is 0 Å². The van der Waals surface area contributed by atoms with Crippen LogP contribution in [0.1, 0.15) is 35.1 Å². The zero-order valence-electron chi connectivity index (χ0n) is 14.8. The highest BCUT2D eigenvalue weighted by Gasteiger charge is 2.13. The first-order valence-electron chi connectivity index (χ1n) is 8.64. The third kappa shape index (κ3) is 4.23. The number of hydrogen-bond acceptors (Lipinski definition) is 3. The molecule has 0 aliphatic heterocycles. The van der Waals surface area contributed by atoms with Crippen molar-refractivity contribution >= 4 is 21.7 Å². The number of rotatable bonds is 4. The summed E-state index contributed by atoms with van der Waals surface area (Å²) < 4.78 is 22.8. The van der Waals surface area contributed by atoms with Crippen LogP contribution in [0, 0.1) is 6.92 Å². The number of guanidine groups is 1. The number of anilines is 1. The minimum atomic E-state index is -3.70. The van der Waals surface area contributed by atoms with Gasteiger partial charge in [-0.1, -0.05) is 18.2 Å². The van der Waals surface area contributed by atoms with Gasteiger partial charge >= 0.3 is 0 Å². The summed E-state index contributed by atoms with van der Waals surface area (Å²) in [7, 11) is -3.70. The molecule has 0 amide bonds. The van der Waals surface area contributed by atoms with E-state index in [9.17, 15) is 8.42 Å². The van der Waals surface area contributed by atoms with E-state index >= 15 is 0 Å². The molecule has 138 valence electrons. The standard InChI is InChI=1S/C19H24N4O2S/c1-13-11-16(26(21,24)25)10-9-15(13)12-22-19(20)23-18-8-4-6-14-5-2-3-7-17(14)18/h4,6,8-11H,2-3,5,7,12H2,1H3,(H3,20,22,23)(H2,21,24,25). The molecule has 5 N–H and O–H groups in total. The number of nitrogens with two attached hydrogens (primary N) is 2. The Labute approximate surface area is 154 Å². The summed E-state index contributed by atoms with van der Waals surface area (Å²) in [5, 5.41) is 8.36. The summed E-state index contributed by atoms with van der Waals surface area (Å²) in [6.07, 6.45) is 4.59. The molecule has 1 aliphatic carbocycles. The van der Waals surface area contributed by atoms with Crippen molar-refractivity contribution in [2.75, 3.05) is 5.32 Å². The fourth-order valence-electron chi connectivity index (χ4n) is 3.27. The Morgan fingerprint density at radius 2 is 1.96 bits per heavy atom. The molecule has 0 heterocycles. The summed E-state index contributed by atoms with van der Waals surface area (Å²) >= 11 is 0. The Bertz CT molecular complexity index is 952. The molecule has 2 aromatic rings. The molecule has 0 radical (unpaired) electrons. The zero-order valence-corrected chi connectivity index (χ0v) is 15.6. The van der Waals surface area contributed by atoms with E-state index in [0.717, 1.165) is 29.7 Å². The summed E-state index contributed by atoms with van der Waals surface area (Å²) in [4.78, 5) is 4.50. The van der Waals surface area contributed by atoms with Crippen molar-refractivity contribution in [1.82, 2.24) is 0 Å². The van der Waals surface area contributed by atoms with E-state index in [-0.39, 0.29) is 4.90 Å². The van der Waals surface area contributed by atoms with E-state index in [1.165, 1.54) is 30.0 Å². The first-order valence-corrected chi connectivity index (χ1v) is 10.2. The maximum atomic E-state index is 11.4. The summed E-state index contributed by atoms with van der Waals surface area (Å²) in [5.41, 5.74) is 11.5. The predicted octanol–water partition coefficient (Wildman–Crippen LogP) is 2.45. The van der Waals surface area contributed by atoms with E-state index < -0.39 is 10.0 Å². The van der Waals surface area contributed by atoms with Gasteiger partial charge < -0.3 is 11.1 Å². The van der Waals surface area contributed by atoms with Gasteiger partial charge in [0.05, 0.1) is 11.4 Å². The molecule has 3 rings (SSSR count). The summed E-state index contributed by atoms with van der Waals surface area (Å²) in [6, 6.07) is 11.0. The van der Waals surface area contributed by atoms with E-state index in [1.54, 1.807) is 12.1 Å². The number of fused-ring (bicyclic) bond motifs is 1. The molecule has 6 nitrogen and oxygen atoms in total. The van der Waals surface area contributed by atoms with Crippen LogP contribution in [0.5, 0.6) is 0 Å². The number of nitrogens with one attached hydrogen (secondary N) is 1. The van der Waals surface area contributed by atoms with Gasteiger partial charge in [0.2, 0.25) is 10.0 Å². The van der Waals surface area contributed by atoms with Crippen molar-refractivity contribution in [2.24, 2.45) is 15.9 Å². The normalized spacial score (nSPS) is 14.8. The van der Waals surface area contributed by atoms with Gasteiger partial charge in [-0.15, -0.1) is 0 Å². The Balaban J connectivity index is 1.74. The van der Waals surface area contributed by atoms with Crippen molar-refractivity contribution in [3.63, 3.8) is 0 Å². The smallest absolute Gasteiger partial charge is 0.238 e. The first kappa shape index (κ1) is 18.4. The van der Waals surface area contributed by atoms with Crippen molar-refractivity contribution in [3.8, 4) is 0 Å². The lowest BCUT2D eigenvalue weighted by Gasteiger charge is -2.19. The largest absolute Gasteiger partial charge is 0.370 e. The van der Waals surface area contributed by atoms with Crippen molar-refractivity contribution in [2.45, 2.75) is 44.0 Å². The molecule has 0 saturated carbocycles. The minimum absolute atomic E-state index is 0.102. The minimum Gasteiger partial charge on any atom is -0.370 e. The third-order valence-electron chi connectivity index (χ3n) is 4.72. The number of primary sulfonamides is 1. The number of aliphatic imine (C=N–C) groups is 1. The molecule has 0 saturated heterocycles. The monoisotopic (exact) mass is 372 g/mol. The average Bonchev–Trinajstić information content (AvgIpc) is 2.60.